The van der Waals surface area contributed by atoms with E-state index >= 15 is 0 Å². The predicted molar refractivity (Wildman–Crippen MR) is 76.6 cm³/mol. The van der Waals surface area contributed by atoms with Gasteiger partial charge in [0.25, 0.3) is 0 Å². The van der Waals surface area contributed by atoms with Crippen LogP contribution >= 0.6 is 11.6 Å². The Hall–Kier alpha value is -1.18. The molecule has 0 aromatic carbocycles. The SMILES string of the molecule is COCCN(CCOC)c1nc(Cl)nc(OC(C)C)n1. The zero-order valence-corrected chi connectivity index (χ0v) is 13.1. The molecule has 0 fully saturated rings. The summed E-state index contributed by atoms with van der Waals surface area (Å²) < 4.78 is 15.6. The summed E-state index contributed by atoms with van der Waals surface area (Å²) in [6, 6.07) is 0.217. The van der Waals surface area contributed by atoms with E-state index in [-0.39, 0.29) is 17.4 Å². The maximum Gasteiger partial charge on any atom is 0.322 e. The van der Waals surface area contributed by atoms with Crippen LogP contribution in [0.25, 0.3) is 0 Å². The number of aromatic nitrogens is 3. The van der Waals surface area contributed by atoms with Gasteiger partial charge in [-0.05, 0) is 25.4 Å². The van der Waals surface area contributed by atoms with Crippen molar-refractivity contribution in [3.8, 4) is 6.01 Å². The Bertz CT molecular complexity index is 398. The largest absolute Gasteiger partial charge is 0.461 e. The fourth-order valence-electron chi connectivity index (χ4n) is 1.44. The molecule has 1 rings (SSSR count). The van der Waals surface area contributed by atoms with Gasteiger partial charge in [0, 0.05) is 27.3 Å². The molecule has 7 nitrogen and oxygen atoms in total. The van der Waals surface area contributed by atoms with Gasteiger partial charge < -0.3 is 19.1 Å². The second kappa shape index (κ2) is 8.89. The highest BCUT2D eigenvalue weighted by Crippen LogP contribution is 2.16. The Morgan fingerprint density at radius 2 is 1.65 bits per heavy atom. The second-order valence-electron chi connectivity index (χ2n) is 4.33. The van der Waals surface area contributed by atoms with Crippen LogP contribution in [-0.2, 0) is 9.47 Å². The summed E-state index contributed by atoms with van der Waals surface area (Å²) in [5.41, 5.74) is 0. The monoisotopic (exact) mass is 304 g/mol. The molecular weight excluding hydrogens is 284 g/mol. The number of ether oxygens (including phenoxy) is 3. The van der Waals surface area contributed by atoms with E-state index in [2.05, 4.69) is 15.0 Å². The van der Waals surface area contributed by atoms with Gasteiger partial charge in [-0.2, -0.15) is 15.0 Å². The summed E-state index contributed by atoms with van der Waals surface area (Å²) in [5.74, 6) is 0.453. The first-order valence-corrected chi connectivity index (χ1v) is 6.75. The van der Waals surface area contributed by atoms with E-state index in [4.69, 9.17) is 25.8 Å². The van der Waals surface area contributed by atoms with Crippen LogP contribution in [0.2, 0.25) is 5.28 Å². The van der Waals surface area contributed by atoms with Gasteiger partial charge >= 0.3 is 6.01 Å². The van der Waals surface area contributed by atoms with Crippen molar-refractivity contribution >= 4 is 17.5 Å². The van der Waals surface area contributed by atoms with Gasteiger partial charge in [-0.15, -0.1) is 0 Å². The number of hydrogen-bond acceptors (Lipinski definition) is 7. The smallest absolute Gasteiger partial charge is 0.322 e. The molecular formula is C12H21ClN4O3. The van der Waals surface area contributed by atoms with E-state index in [0.717, 1.165) is 0 Å². The molecule has 0 saturated heterocycles. The molecule has 0 aliphatic heterocycles. The summed E-state index contributed by atoms with van der Waals surface area (Å²) in [4.78, 5) is 14.3. The molecule has 0 atom stereocenters. The topological polar surface area (TPSA) is 69.6 Å². The Kier molecular flexibility index (Phi) is 7.50. The molecule has 0 aliphatic carbocycles. The van der Waals surface area contributed by atoms with Crippen molar-refractivity contribution < 1.29 is 14.2 Å². The van der Waals surface area contributed by atoms with Crippen LogP contribution in [0.15, 0.2) is 0 Å². The molecule has 1 aromatic heterocycles. The van der Waals surface area contributed by atoms with Gasteiger partial charge in [0.05, 0.1) is 19.3 Å². The number of hydrogen-bond donors (Lipinski definition) is 0. The lowest BCUT2D eigenvalue weighted by Crippen LogP contribution is -2.32. The molecule has 1 aromatic rings. The van der Waals surface area contributed by atoms with Gasteiger partial charge in [-0.25, -0.2) is 0 Å². The maximum absolute atomic E-state index is 5.91. The number of rotatable bonds is 9. The molecule has 0 spiro atoms. The molecule has 0 radical (unpaired) electrons. The Balaban J connectivity index is 2.89. The summed E-state index contributed by atoms with van der Waals surface area (Å²) in [7, 11) is 3.28. The van der Waals surface area contributed by atoms with Gasteiger partial charge in [-0.3, -0.25) is 0 Å². The first-order chi connectivity index (χ1) is 9.56. The zero-order valence-electron chi connectivity index (χ0n) is 12.3. The standard InChI is InChI=1S/C12H21ClN4O3/c1-9(2)20-12-15-10(13)14-11(16-12)17(5-7-18-3)6-8-19-4/h9H,5-8H2,1-4H3. The van der Waals surface area contributed by atoms with Crippen LogP contribution in [0.5, 0.6) is 6.01 Å². The molecule has 0 aliphatic rings. The minimum absolute atomic E-state index is 0.0345. The Morgan fingerprint density at radius 1 is 1.05 bits per heavy atom. The third-order valence-corrected chi connectivity index (χ3v) is 2.50. The minimum atomic E-state index is -0.0345. The van der Waals surface area contributed by atoms with Crippen LogP contribution in [-0.4, -0.2) is 61.6 Å². The number of anilines is 1. The molecule has 0 amide bonds. The lowest BCUT2D eigenvalue weighted by Gasteiger charge is -2.22. The van der Waals surface area contributed by atoms with E-state index in [9.17, 15) is 0 Å². The molecule has 20 heavy (non-hydrogen) atoms. The molecule has 0 bridgehead atoms. The van der Waals surface area contributed by atoms with E-state index in [1.54, 1.807) is 14.2 Å². The van der Waals surface area contributed by atoms with Crippen molar-refractivity contribution in [1.82, 2.24) is 15.0 Å². The highest BCUT2D eigenvalue weighted by atomic mass is 35.5. The normalized spacial score (nSPS) is 10.9. The van der Waals surface area contributed by atoms with Crippen LogP contribution in [0.1, 0.15) is 13.8 Å². The van der Waals surface area contributed by atoms with E-state index < -0.39 is 0 Å². The first kappa shape index (κ1) is 16.9. The molecule has 114 valence electrons. The van der Waals surface area contributed by atoms with Crippen molar-refractivity contribution in [3.05, 3.63) is 5.28 Å². The van der Waals surface area contributed by atoms with E-state index in [1.165, 1.54) is 0 Å². The van der Waals surface area contributed by atoms with Crippen molar-refractivity contribution in [2.75, 3.05) is 45.4 Å². The van der Waals surface area contributed by atoms with Crippen molar-refractivity contribution in [3.63, 3.8) is 0 Å². The van der Waals surface area contributed by atoms with Crippen molar-refractivity contribution in [2.24, 2.45) is 0 Å². The van der Waals surface area contributed by atoms with E-state index in [1.807, 2.05) is 18.7 Å². The van der Waals surface area contributed by atoms with Crippen molar-refractivity contribution in [2.45, 2.75) is 20.0 Å². The van der Waals surface area contributed by atoms with Gasteiger partial charge in [-0.1, -0.05) is 0 Å². The minimum Gasteiger partial charge on any atom is -0.461 e. The number of methoxy groups -OCH3 is 2. The molecule has 0 unspecified atom stereocenters. The fraction of sp³-hybridized carbons (Fsp3) is 0.750. The first-order valence-electron chi connectivity index (χ1n) is 6.38. The van der Waals surface area contributed by atoms with Gasteiger partial charge in [0.15, 0.2) is 0 Å². The average Bonchev–Trinajstić information content (AvgIpc) is 2.37. The third kappa shape index (κ3) is 5.85. The van der Waals surface area contributed by atoms with Gasteiger partial charge in [0.1, 0.15) is 0 Å². The van der Waals surface area contributed by atoms with Crippen LogP contribution < -0.4 is 9.64 Å². The summed E-state index contributed by atoms with van der Waals surface area (Å²) in [6.45, 7) is 6.14. The molecule has 8 heteroatoms. The molecule has 1 heterocycles. The summed E-state index contributed by atoms with van der Waals surface area (Å²) in [5, 5.41) is 0.102. The predicted octanol–water partition coefficient (Wildman–Crippen LogP) is 1.41. The average molecular weight is 305 g/mol. The lowest BCUT2D eigenvalue weighted by atomic mass is 10.5. The Labute approximate surface area is 124 Å². The third-order valence-electron chi connectivity index (χ3n) is 2.33. The van der Waals surface area contributed by atoms with Crippen LogP contribution in [0, 0.1) is 0 Å². The number of halogens is 1. The fourth-order valence-corrected chi connectivity index (χ4v) is 1.59. The molecule has 0 saturated carbocycles. The highest BCUT2D eigenvalue weighted by molar-refractivity contribution is 6.28. The summed E-state index contributed by atoms with van der Waals surface area (Å²) >= 11 is 5.91. The van der Waals surface area contributed by atoms with Crippen molar-refractivity contribution in [1.29, 1.82) is 0 Å². The van der Waals surface area contributed by atoms with E-state index in [0.29, 0.717) is 32.3 Å². The van der Waals surface area contributed by atoms with Gasteiger partial charge in [0.2, 0.25) is 11.2 Å². The summed E-state index contributed by atoms with van der Waals surface area (Å²) in [6.07, 6.45) is -0.0345. The lowest BCUT2D eigenvalue weighted by molar-refractivity contribution is 0.189. The van der Waals surface area contributed by atoms with Crippen LogP contribution in [0.3, 0.4) is 0 Å². The molecule has 0 N–H and O–H groups in total. The Morgan fingerprint density at radius 3 is 2.15 bits per heavy atom. The highest BCUT2D eigenvalue weighted by Gasteiger charge is 2.14. The zero-order chi connectivity index (χ0) is 15.0. The maximum atomic E-state index is 5.91. The second-order valence-corrected chi connectivity index (χ2v) is 4.66. The van der Waals surface area contributed by atoms with Crippen LogP contribution in [0.4, 0.5) is 5.95 Å². The quantitative estimate of drug-likeness (QED) is 0.683. The number of nitrogens with zero attached hydrogens (tertiary/aromatic N) is 4.